The first-order valence-electron chi connectivity index (χ1n) is 6.25. The van der Waals surface area contributed by atoms with Gasteiger partial charge in [0.05, 0.1) is 6.04 Å². The SMILES string of the molecule is CCN(C[C@H]1CCN(C(=O)[C@H](C)N)C1)C(C)=O. The fraction of sp³-hybridized carbons (Fsp3) is 0.833. The van der Waals surface area contributed by atoms with Gasteiger partial charge in [0.25, 0.3) is 0 Å². The lowest BCUT2D eigenvalue weighted by Gasteiger charge is -2.23. The molecule has 1 rings (SSSR count). The standard InChI is InChI=1S/C12H23N3O2/c1-4-14(10(3)16)7-11-5-6-15(8-11)12(17)9(2)13/h9,11H,4-8,13H2,1-3H3/t9-,11+/m0/s1. The van der Waals surface area contributed by atoms with Crippen LogP contribution in [0.25, 0.3) is 0 Å². The zero-order valence-electron chi connectivity index (χ0n) is 11.0. The van der Waals surface area contributed by atoms with Crippen LogP contribution in [0.3, 0.4) is 0 Å². The zero-order valence-corrected chi connectivity index (χ0v) is 11.0. The largest absolute Gasteiger partial charge is 0.343 e. The van der Waals surface area contributed by atoms with Crippen molar-refractivity contribution < 1.29 is 9.59 Å². The Balaban J connectivity index is 2.45. The number of likely N-dealkylation sites (tertiary alicyclic amines) is 1. The first kappa shape index (κ1) is 14.0. The smallest absolute Gasteiger partial charge is 0.239 e. The highest BCUT2D eigenvalue weighted by atomic mass is 16.2. The van der Waals surface area contributed by atoms with Crippen LogP contribution in [0.1, 0.15) is 27.2 Å². The number of nitrogens with two attached hydrogens (primary N) is 1. The highest BCUT2D eigenvalue weighted by Gasteiger charge is 2.29. The van der Waals surface area contributed by atoms with Crippen LogP contribution in [0, 0.1) is 5.92 Å². The zero-order chi connectivity index (χ0) is 13.0. The van der Waals surface area contributed by atoms with E-state index in [4.69, 9.17) is 5.73 Å². The second-order valence-corrected chi connectivity index (χ2v) is 4.79. The van der Waals surface area contributed by atoms with Crippen molar-refractivity contribution in [3.8, 4) is 0 Å². The van der Waals surface area contributed by atoms with Crippen molar-refractivity contribution >= 4 is 11.8 Å². The first-order chi connectivity index (χ1) is 7.95. The maximum absolute atomic E-state index is 11.7. The topological polar surface area (TPSA) is 66.6 Å². The Bertz CT molecular complexity index is 291. The lowest BCUT2D eigenvalue weighted by molar-refractivity contribution is -0.131. The molecule has 0 aromatic carbocycles. The molecule has 2 amide bonds. The van der Waals surface area contributed by atoms with Crippen molar-refractivity contribution in [2.24, 2.45) is 11.7 Å². The predicted octanol–water partition coefficient (Wildman–Crippen LogP) is 0.0505. The quantitative estimate of drug-likeness (QED) is 0.756. The molecule has 0 aromatic heterocycles. The minimum absolute atomic E-state index is 0.0124. The van der Waals surface area contributed by atoms with Gasteiger partial charge in [0.2, 0.25) is 11.8 Å². The molecule has 0 aliphatic carbocycles. The van der Waals surface area contributed by atoms with Gasteiger partial charge < -0.3 is 15.5 Å². The van der Waals surface area contributed by atoms with Crippen LogP contribution in [-0.2, 0) is 9.59 Å². The van der Waals surface area contributed by atoms with Crippen molar-refractivity contribution in [2.75, 3.05) is 26.2 Å². The van der Waals surface area contributed by atoms with E-state index in [1.54, 1.807) is 13.8 Å². The molecule has 1 fully saturated rings. The van der Waals surface area contributed by atoms with E-state index in [0.29, 0.717) is 5.92 Å². The predicted molar refractivity (Wildman–Crippen MR) is 66.3 cm³/mol. The maximum Gasteiger partial charge on any atom is 0.239 e. The van der Waals surface area contributed by atoms with Crippen LogP contribution in [0.5, 0.6) is 0 Å². The molecule has 2 N–H and O–H groups in total. The van der Waals surface area contributed by atoms with Crippen molar-refractivity contribution in [3.63, 3.8) is 0 Å². The summed E-state index contributed by atoms with van der Waals surface area (Å²) in [4.78, 5) is 26.6. The van der Waals surface area contributed by atoms with Gasteiger partial charge in [0.1, 0.15) is 0 Å². The Morgan fingerprint density at radius 3 is 2.65 bits per heavy atom. The third-order valence-corrected chi connectivity index (χ3v) is 3.29. The molecule has 1 heterocycles. The molecule has 2 atom stereocenters. The second-order valence-electron chi connectivity index (χ2n) is 4.79. The molecule has 5 heteroatoms. The molecule has 0 aromatic rings. The maximum atomic E-state index is 11.7. The summed E-state index contributed by atoms with van der Waals surface area (Å²) in [6, 6.07) is -0.427. The third-order valence-electron chi connectivity index (χ3n) is 3.29. The Kier molecular flexibility index (Phi) is 4.93. The van der Waals surface area contributed by atoms with Gasteiger partial charge in [-0.15, -0.1) is 0 Å². The average molecular weight is 241 g/mol. The van der Waals surface area contributed by atoms with Gasteiger partial charge >= 0.3 is 0 Å². The Hall–Kier alpha value is -1.10. The van der Waals surface area contributed by atoms with E-state index in [1.165, 1.54) is 0 Å². The Morgan fingerprint density at radius 1 is 1.53 bits per heavy atom. The van der Waals surface area contributed by atoms with Gasteiger partial charge in [-0.1, -0.05) is 0 Å². The van der Waals surface area contributed by atoms with Crippen LogP contribution in [0.15, 0.2) is 0 Å². The molecule has 0 bridgehead atoms. The lowest BCUT2D eigenvalue weighted by Crippen LogP contribution is -2.41. The van der Waals surface area contributed by atoms with Gasteiger partial charge in [-0.05, 0) is 26.2 Å². The molecule has 98 valence electrons. The third kappa shape index (κ3) is 3.70. The summed E-state index contributed by atoms with van der Waals surface area (Å²) >= 11 is 0. The molecule has 17 heavy (non-hydrogen) atoms. The fourth-order valence-electron chi connectivity index (χ4n) is 2.26. The number of rotatable bonds is 4. The van der Waals surface area contributed by atoms with Crippen LogP contribution >= 0.6 is 0 Å². The van der Waals surface area contributed by atoms with E-state index >= 15 is 0 Å². The monoisotopic (exact) mass is 241 g/mol. The highest BCUT2D eigenvalue weighted by molar-refractivity contribution is 5.81. The van der Waals surface area contributed by atoms with E-state index in [1.807, 2.05) is 16.7 Å². The van der Waals surface area contributed by atoms with Crippen LogP contribution in [-0.4, -0.2) is 53.8 Å². The molecule has 5 nitrogen and oxygen atoms in total. The highest BCUT2D eigenvalue weighted by Crippen LogP contribution is 2.18. The van der Waals surface area contributed by atoms with E-state index in [0.717, 1.165) is 32.6 Å². The van der Waals surface area contributed by atoms with Gasteiger partial charge in [-0.3, -0.25) is 9.59 Å². The molecule has 0 unspecified atom stereocenters. The number of nitrogens with zero attached hydrogens (tertiary/aromatic N) is 2. The summed E-state index contributed by atoms with van der Waals surface area (Å²) in [6.07, 6.45) is 0.961. The number of carbonyl (C=O) groups excluding carboxylic acids is 2. The van der Waals surface area contributed by atoms with E-state index in [2.05, 4.69) is 0 Å². The van der Waals surface area contributed by atoms with Crippen LogP contribution < -0.4 is 5.73 Å². The van der Waals surface area contributed by atoms with Crippen molar-refractivity contribution in [3.05, 3.63) is 0 Å². The van der Waals surface area contributed by atoms with Gasteiger partial charge in [-0.2, -0.15) is 0 Å². The number of carbonyl (C=O) groups is 2. The molecular weight excluding hydrogens is 218 g/mol. The Morgan fingerprint density at radius 2 is 2.18 bits per heavy atom. The normalized spacial score (nSPS) is 21.4. The van der Waals surface area contributed by atoms with Crippen LogP contribution in [0.4, 0.5) is 0 Å². The summed E-state index contributed by atoms with van der Waals surface area (Å²) in [5.74, 6) is 0.504. The molecule has 1 aliphatic rings. The van der Waals surface area contributed by atoms with Crippen LogP contribution in [0.2, 0.25) is 0 Å². The molecule has 0 radical (unpaired) electrons. The lowest BCUT2D eigenvalue weighted by atomic mass is 10.1. The molecule has 0 saturated carbocycles. The summed E-state index contributed by atoms with van der Waals surface area (Å²) in [5.41, 5.74) is 5.58. The summed E-state index contributed by atoms with van der Waals surface area (Å²) in [7, 11) is 0. The first-order valence-corrected chi connectivity index (χ1v) is 6.25. The number of hydrogen-bond acceptors (Lipinski definition) is 3. The molecule has 0 spiro atoms. The van der Waals surface area contributed by atoms with E-state index < -0.39 is 6.04 Å². The van der Waals surface area contributed by atoms with Gasteiger partial charge in [0, 0.05) is 33.1 Å². The fourth-order valence-corrected chi connectivity index (χ4v) is 2.26. The summed E-state index contributed by atoms with van der Waals surface area (Å²) < 4.78 is 0. The minimum Gasteiger partial charge on any atom is -0.343 e. The molecular formula is C12H23N3O2. The van der Waals surface area contributed by atoms with Gasteiger partial charge in [-0.25, -0.2) is 0 Å². The number of amides is 2. The molecule has 1 saturated heterocycles. The van der Waals surface area contributed by atoms with Gasteiger partial charge in [0.15, 0.2) is 0 Å². The Labute approximate surface area is 103 Å². The van der Waals surface area contributed by atoms with Crippen molar-refractivity contribution in [1.82, 2.24) is 9.80 Å². The van der Waals surface area contributed by atoms with Crippen molar-refractivity contribution in [2.45, 2.75) is 33.2 Å². The average Bonchev–Trinajstić information content (AvgIpc) is 2.72. The van der Waals surface area contributed by atoms with Crippen molar-refractivity contribution in [1.29, 1.82) is 0 Å². The number of hydrogen-bond donors (Lipinski definition) is 1. The van der Waals surface area contributed by atoms with E-state index in [-0.39, 0.29) is 11.8 Å². The summed E-state index contributed by atoms with van der Waals surface area (Å²) in [6.45, 7) is 8.24. The summed E-state index contributed by atoms with van der Waals surface area (Å²) in [5, 5.41) is 0. The minimum atomic E-state index is -0.427. The molecule has 1 aliphatic heterocycles. The second kappa shape index (κ2) is 6.00. The van der Waals surface area contributed by atoms with E-state index in [9.17, 15) is 9.59 Å².